The van der Waals surface area contributed by atoms with Crippen molar-refractivity contribution < 1.29 is 0 Å². The van der Waals surface area contributed by atoms with E-state index in [1.807, 2.05) is 43.3 Å². The molecule has 4 nitrogen and oxygen atoms in total. The smallest absolute Gasteiger partial charge is 0.167 e. The fourth-order valence-corrected chi connectivity index (χ4v) is 3.01. The fraction of sp³-hybridized carbons (Fsp3) is 0.273. The predicted molar refractivity (Wildman–Crippen MR) is 81.6 cm³/mol. The van der Waals surface area contributed by atoms with Gasteiger partial charge in [0.15, 0.2) is 5.65 Å². The van der Waals surface area contributed by atoms with Crippen molar-refractivity contribution in [3.05, 3.63) is 30.5 Å². The van der Waals surface area contributed by atoms with Crippen molar-refractivity contribution in [2.75, 3.05) is 0 Å². The Kier molecular flexibility index (Phi) is 3.93. The normalized spacial score (nSPS) is 10.6. The van der Waals surface area contributed by atoms with E-state index >= 15 is 0 Å². The number of halogens is 1. The molecule has 0 N–H and O–H groups in total. The molecule has 0 fully saturated rings. The Morgan fingerprint density at radius 3 is 2.65 bits per heavy atom. The molecule has 0 bridgehead atoms. The lowest BCUT2D eigenvalue weighted by Crippen LogP contribution is -1.92. The van der Waals surface area contributed by atoms with Crippen LogP contribution in [0.15, 0.2) is 24.7 Å². The Morgan fingerprint density at radius 1 is 1.24 bits per heavy atom. The fourth-order valence-electron chi connectivity index (χ4n) is 1.74. The van der Waals surface area contributed by atoms with Crippen LogP contribution in [0.4, 0.5) is 0 Å². The highest BCUT2D eigenvalue weighted by Gasteiger charge is 2.08. The summed E-state index contributed by atoms with van der Waals surface area (Å²) in [6.45, 7) is 6.00. The van der Waals surface area contributed by atoms with Gasteiger partial charge >= 0.3 is 0 Å². The Labute approximate surface area is 116 Å². The Hall–Kier alpha value is -0.760. The molecule has 0 spiro atoms. The molecular formula is C11H13IN4S. The van der Waals surface area contributed by atoms with Crippen molar-refractivity contribution >= 4 is 47.0 Å². The zero-order valence-corrected chi connectivity index (χ0v) is 12.9. The number of rotatable bonds is 1. The first-order chi connectivity index (χ1) is 8.31. The van der Waals surface area contributed by atoms with Gasteiger partial charge in [0.2, 0.25) is 0 Å². The maximum Gasteiger partial charge on any atom is 0.167 e. The summed E-state index contributed by atoms with van der Waals surface area (Å²) in [4.78, 5) is 8.72. The largest absolute Gasteiger partial charge is 0.292 e. The van der Waals surface area contributed by atoms with E-state index in [2.05, 4.69) is 41.6 Å². The van der Waals surface area contributed by atoms with Crippen LogP contribution in [-0.4, -0.2) is 18.3 Å². The molecule has 17 heavy (non-hydrogen) atoms. The number of hydrogen-bond donors (Lipinski definition) is 0. The van der Waals surface area contributed by atoms with Gasteiger partial charge in [-0.05, 0) is 13.0 Å². The van der Waals surface area contributed by atoms with Crippen molar-refractivity contribution in [2.45, 2.75) is 20.8 Å². The average molecular weight is 360 g/mol. The summed E-state index contributed by atoms with van der Waals surface area (Å²) in [5, 5.41) is 0. The van der Waals surface area contributed by atoms with E-state index in [0.717, 1.165) is 22.5 Å². The molecule has 3 heterocycles. The van der Waals surface area contributed by atoms with E-state index in [0.29, 0.717) is 0 Å². The van der Waals surface area contributed by atoms with E-state index in [9.17, 15) is 0 Å². The quantitative estimate of drug-likeness (QED) is 0.618. The molecule has 0 saturated carbocycles. The Bertz CT molecular complexity index is 643. The Balaban J connectivity index is 0.000000514. The van der Waals surface area contributed by atoms with Gasteiger partial charge in [-0.15, -0.1) is 0 Å². The minimum atomic E-state index is 0.975. The molecule has 0 amide bonds. The molecule has 3 aromatic heterocycles. The molecule has 3 rings (SSSR count). The summed E-state index contributed by atoms with van der Waals surface area (Å²) in [7, 11) is 1.61. The molecular weight excluding hydrogens is 347 g/mol. The number of aryl methyl sites for hydroxylation is 1. The monoisotopic (exact) mass is 360 g/mol. The molecule has 0 saturated heterocycles. The second-order valence-electron chi connectivity index (χ2n) is 3.24. The van der Waals surface area contributed by atoms with Crippen LogP contribution in [0.2, 0.25) is 0 Å². The number of hydrogen-bond acceptors (Lipinski definition) is 3. The molecule has 0 aromatic carbocycles. The van der Waals surface area contributed by atoms with Crippen LogP contribution < -0.4 is 0 Å². The first kappa shape index (κ1) is 12.7. The van der Waals surface area contributed by atoms with E-state index < -0.39 is 0 Å². The van der Waals surface area contributed by atoms with E-state index in [4.69, 9.17) is 0 Å². The predicted octanol–water partition coefficient (Wildman–Crippen LogP) is 3.86. The molecule has 0 unspecified atom stereocenters. The third-order valence-corrected chi connectivity index (χ3v) is 4.12. The molecule has 3 aromatic rings. The van der Waals surface area contributed by atoms with Crippen LogP contribution in [-0.2, 0) is 0 Å². The van der Waals surface area contributed by atoms with Gasteiger partial charge < -0.3 is 0 Å². The molecule has 0 atom stereocenters. The van der Waals surface area contributed by atoms with Gasteiger partial charge in [-0.2, -0.15) is 0 Å². The highest BCUT2D eigenvalue weighted by Crippen LogP contribution is 2.24. The lowest BCUT2D eigenvalue weighted by Gasteiger charge is -2.00. The van der Waals surface area contributed by atoms with Gasteiger partial charge in [0.1, 0.15) is 5.82 Å². The third-order valence-electron chi connectivity index (χ3n) is 2.41. The van der Waals surface area contributed by atoms with Gasteiger partial charge in [-0.3, -0.25) is 8.37 Å². The molecule has 6 heteroatoms. The standard InChI is InChI=1S/C9H7IN4S.C2H6/c1-6-11-4-7-5-12-9-8(14(6)7)2-3-13(9)15-10;1-2/h2-5H,1H3;1-2H3. The van der Waals surface area contributed by atoms with Gasteiger partial charge in [-0.25, -0.2) is 9.97 Å². The van der Waals surface area contributed by atoms with E-state index in [1.165, 1.54) is 0 Å². The highest BCUT2D eigenvalue weighted by molar-refractivity contribution is 14.2. The molecule has 90 valence electrons. The molecule has 0 aliphatic heterocycles. The minimum Gasteiger partial charge on any atom is -0.292 e. The van der Waals surface area contributed by atoms with Crippen molar-refractivity contribution in [3.63, 3.8) is 0 Å². The zero-order valence-electron chi connectivity index (χ0n) is 9.88. The molecule has 0 aliphatic carbocycles. The first-order valence-electron chi connectivity index (χ1n) is 5.40. The van der Waals surface area contributed by atoms with Gasteiger partial charge in [-0.1, -0.05) is 13.8 Å². The van der Waals surface area contributed by atoms with Crippen LogP contribution in [0, 0.1) is 6.92 Å². The molecule has 0 aliphatic rings. The zero-order chi connectivity index (χ0) is 12.4. The van der Waals surface area contributed by atoms with Crippen LogP contribution >= 0.6 is 30.3 Å². The van der Waals surface area contributed by atoms with Crippen LogP contribution in [0.5, 0.6) is 0 Å². The van der Waals surface area contributed by atoms with Gasteiger partial charge in [0, 0.05) is 36.5 Å². The lowest BCUT2D eigenvalue weighted by molar-refractivity contribution is 1.07. The van der Waals surface area contributed by atoms with Crippen LogP contribution in [0.25, 0.3) is 16.7 Å². The average Bonchev–Trinajstić information content (AvgIpc) is 2.95. The van der Waals surface area contributed by atoms with Crippen molar-refractivity contribution in [1.29, 1.82) is 0 Å². The maximum absolute atomic E-state index is 4.43. The highest BCUT2D eigenvalue weighted by atomic mass is 127. The summed E-state index contributed by atoms with van der Waals surface area (Å²) in [6, 6.07) is 2.07. The van der Waals surface area contributed by atoms with Crippen molar-refractivity contribution in [2.24, 2.45) is 0 Å². The summed E-state index contributed by atoms with van der Waals surface area (Å²) in [5.41, 5.74) is 3.12. The van der Waals surface area contributed by atoms with Crippen molar-refractivity contribution in [1.82, 2.24) is 18.3 Å². The van der Waals surface area contributed by atoms with Gasteiger partial charge in [0.25, 0.3) is 0 Å². The van der Waals surface area contributed by atoms with Gasteiger partial charge in [0.05, 0.1) is 23.4 Å². The summed E-state index contributed by atoms with van der Waals surface area (Å²) in [5.74, 6) is 0.994. The first-order valence-corrected chi connectivity index (χ1v) is 8.72. The van der Waals surface area contributed by atoms with E-state index in [-0.39, 0.29) is 0 Å². The number of fused-ring (bicyclic) bond motifs is 3. The third kappa shape index (κ3) is 2.03. The Morgan fingerprint density at radius 2 is 1.94 bits per heavy atom. The van der Waals surface area contributed by atoms with Crippen LogP contribution in [0.1, 0.15) is 19.7 Å². The summed E-state index contributed by atoms with van der Waals surface area (Å²) in [6.07, 6.45) is 5.72. The number of imidazole rings is 1. The number of nitrogens with zero attached hydrogens (tertiary/aromatic N) is 4. The second-order valence-corrected chi connectivity index (χ2v) is 4.96. The topological polar surface area (TPSA) is 35.1 Å². The van der Waals surface area contributed by atoms with Crippen LogP contribution in [0.3, 0.4) is 0 Å². The van der Waals surface area contributed by atoms with Crippen molar-refractivity contribution in [3.8, 4) is 0 Å². The lowest BCUT2D eigenvalue weighted by atomic mass is 10.4. The SMILES string of the molecule is CC.Cc1ncc2cnc3c(ccn3SI)n12. The summed E-state index contributed by atoms with van der Waals surface area (Å²) < 4.78 is 4.15. The van der Waals surface area contributed by atoms with E-state index in [1.54, 1.807) is 9.12 Å². The second kappa shape index (κ2) is 5.26. The summed E-state index contributed by atoms with van der Waals surface area (Å²) >= 11 is 2.24. The number of aromatic nitrogens is 4. The maximum atomic E-state index is 4.43. The molecule has 0 radical (unpaired) electrons. The minimum absolute atomic E-state index is 0.975.